The number of imide groups is 1. The summed E-state index contributed by atoms with van der Waals surface area (Å²) in [6, 6.07) is 6.36. The van der Waals surface area contributed by atoms with Gasteiger partial charge in [0.05, 0.1) is 5.69 Å². The van der Waals surface area contributed by atoms with E-state index in [0.29, 0.717) is 10.7 Å². The molecule has 100 valence electrons. The molecular formula is C12H8ClN5O2. The second-order valence-corrected chi connectivity index (χ2v) is 4.45. The number of benzene rings is 1. The van der Waals surface area contributed by atoms with Crippen molar-refractivity contribution in [1.82, 2.24) is 14.8 Å². The molecule has 20 heavy (non-hydrogen) atoms. The molecule has 2 heterocycles. The van der Waals surface area contributed by atoms with Crippen molar-refractivity contribution in [2.45, 2.75) is 0 Å². The molecule has 0 fully saturated rings. The van der Waals surface area contributed by atoms with Crippen LogP contribution < -0.4 is 10.6 Å². The molecule has 2 aromatic rings. The van der Waals surface area contributed by atoms with E-state index in [1.807, 2.05) is 0 Å². The van der Waals surface area contributed by atoms with Crippen LogP contribution in [0, 0.1) is 0 Å². The quantitative estimate of drug-likeness (QED) is 0.830. The van der Waals surface area contributed by atoms with Gasteiger partial charge < -0.3 is 5.73 Å². The molecule has 8 heteroatoms. The Morgan fingerprint density at radius 1 is 1.15 bits per heavy atom. The number of anilines is 2. The normalized spacial score (nSPS) is 14.8. The van der Waals surface area contributed by atoms with Crippen LogP contribution in [0.15, 0.2) is 36.7 Å². The molecule has 0 radical (unpaired) electrons. The third kappa shape index (κ3) is 1.84. The number of carbonyl (C=O) groups excluding carboxylic acids is 2. The summed E-state index contributed by atoms with van der Waals surface area (Å²) in [5, 5.41) is 4.33. The van der Waals surface area contributed by atoms with Gasteiger partial charge >= 0.3 is 0 Å². The summed E-state index contributed by atoms with van der Waals surface area (Å²) >= 11 is 5.78. The minimum absolute atomic E-state index is 0.0374. The number of nitrogens with zero attached hydrogens (tertiary/aromatic N) is 4. The van der Waals surface area contributed by atoms with Crippen LogP contribution in [0.2, 0.25) is 5.02 Å². The fourth-order valence-electron chi connectivity index (χ4n) is 1.88. The SMILES string of the molecule is Nc1ncnn1C1=CC(=O)N(c2ccc(Cl)cc2)C1=O. The zero-order chi connectivity index (χ0) is 14.3. The molecule has 0 spiro atoms. The van der Waals surface area contributed by atoms with E-state index in [1.165, 1.54) is 12.4 Å². The molecule has 0 saturated heterocycles. The van der Waals surface area contributed by atoms with Crippen LogP contribution in [0.3, 0.4) is 0 Å². The van der Waals surface area contributed by atoms with Crippen molar-refractivity contribution in [1.29, 1.82) is 0 Å². The van der Waals surface area contributed by atoms with Crippen LogP contribution >= 0.6 is 11.6 Å². The Morgan fingerprint density at radius 3 is 2.45 bits per heavy atom. The van der Waals surface area contributed by atoms with Crippen LogP contribution in [0.4, 0.5) is 11.6 Å². The molecule has 0 saturated carbocycles. The van der Waals surface area contributed by atoms with Gasteiger partial charge in [0, 0.05) is 11.1 Å². The summed E-state index contributed by atoms with van der Waals surface area (Å²) in [4.78, 5) is 29.0. The summed E-state index contributed by atoms with van der Waals surface area (Å²) in [7, 11) is 0. The predicted molar refractivity (Wildman–Crippen MR) is 72.7 cm³/mol. The maximum atomic E-state index is 12.3. The Kier molecular flexibility index (Phi) is 2.76. The summed E-state index contributed by atoms with van der Waals surface area (Å²) in [6.45, 7) is 0. The van der Waals surface area contributed by atoms with Crippen LogP contribution in [0.1, 0.15) is 0 Å². The molecule has 1 aromatic carbocycles. The van der Waals surface area contributed by atoms with Gasteiger partial charge in [0.25, 0.3) is 11.8 Å². The Labute approximate surface area is 118 Å². The summed E-state index contributed by atoms with van der Waals surface area (Å²) in [5.74, 6) is -0.952. The molecule has 0 atom stereocenters. The van der Waals surface area contributed by atoms with Gasteiger partial charge in [0.15, 0.2) is 0 Å². The third-order valence-electron chi connectivity index (χ3n) is 2.79. The second-order valence-electron chi connectivity index (χ2n) is 4.01. The smallest absolute Gasteiger partial charge is 0.284 e. The molecular weight excluding hydrogens is 282 g/mol. The Bertz CT molecular complexity index is 735. The van der Waals surface area contributed by atoms with Gasteiger partial charge in [-0.2, -0.15) is 14.8 Å². The molecule has 7 nitrogen and oxygen atoms in total. The molecule has 0 unspecified atom stereocenters. The lowest BCUT2D eigenvalue weighted by Crippen LogP contribution is -2.31. The van der Waals surface area contributed by atoms with E-state index in [2.05, 4.69) is 10.1 Å². The number of nitrogens with two attached hydrogens (primary N) is 1. The van der Waals surface area contributed by atoms with E-state index in [-0.39, 0.29) is 11.6 Å². The predicted octanol–water partition coefficient (Wildman–Crippen LogP) is 0.928. The molecule has 1 aliphatic heterocycles. The molecule has 3 rings (SSSR count). The van der Waals surface area contributed by atoms with Gasteiger partial charge in [-0.05, 0) is 24.3 Å². The number of aromatic nitrogens is 3. The van der Waals surface area contributed by atoms with Crippen LogP contribution in [-0.2, 0) is 9.59 Å². The molecule has 2 N–H and O–H groups in total. The highest BCUT2D eigenvalue weighted by Crippen LogP contribution is 2.26. The van der Waals surface area contributed by atoms with Crippen LogP contribution in [0.5, 0.6) is 0 Å². The summed E-state index contributed by atoms with van der Waals surface area (Å²) in [5.41, 5.74) is 6.06. The second kappa shape index (κ2) is 4.46. The first-order chi connectivity index (χ1) is 9.58. The summed E-state index contributed by atoms with van der Waals surface area (Å²) in [6.07, 6.45) is 2.38. The molecule has 0 bridgehead atoms. The van der Waals surface area contributed by atoms with E-state index >= 15 is 0 Å². The monoisotopic (exact) mass is 289 g/mol. The maximum absolute atomic E-state index is 12.3. The molecule has 1 aromatic heterocycles. The van der Waals surface area contributed by atoms with Gasteiger partial charge in [-0.3, -0.25) is 9.59 Å². The third-order valence-corrected chi connectivity index (χ3v) is 3.04. The first-order valence-corrected chi connectivity index (χ1v) is 5.97. The highest BCUT2D eigenvalue weighted by atomic mass is 35.5. The minimum Gasteiger partial charge on any atom is -0.368 e. The van der Waals surface area contributed by atoms with Gasteiger partial charge in [-0.15, -0.1) is 0 Å². The van der Waals surface area contributed by atoms with Crippen molar-refractivity contribution in [2.75, 3.05) is 10.6 Å². The van der Waals surface area contributed by atoms with Gasteiger partial charge in [0.2, 0.25) is 5.95 Å². The topological polar surface area (TPSA) is 94.1 Å². The van der Waals surface area contributed by atoms with Crippen molar-refractivity contribution in [2.24, 2.45) is 0 Å². The standard InChI is InChI=1S/C12H8ClN5O2/c13-7-1-3-8(4-2-7)17-10(19)5-9(11(17)20)18-12(14)15-6-16-18/h1-6H,(H2,14,15,16). The lowest BCUT2D eigenvalue weighted by atomic mass is 10.3. The average molecular weight is 290 g/mol. The number of nitrogen functional groups attached to an aromatic ring is 1. The zero-order valence-electron chi connectivity index (χ0n) is 10.0. The van der Waals surface area contributed by atoms with Crippen molar-refractivity contribution in [3.05, 3.63) is 41.7 Å². The highest BCUT2D eigenvalue weighted by molar-refractivity contribution is 6.41. The van der Waals surface area contributed by atoms with Crippen molar-refractivity contribution < 1.29 is 9.59 Å². The molecule has 2 amide bonds. The average Bonchev–Trinajstić information content (AvgIpc) is 2.95. The number of hydrogen-bond donors (Lipinski definition) is 1. The Hall–Kier alpha value is -2.67. The largest absolute Gasteiger partial charge is 0.368 e. The Morgan fingerprint density at radius 2 is 1.85 bits per heavy atom. The number of rotatable bonds is 2. The lowest BCUT2D eigenvalue weighted by Gasteiger charge is -2.14. The minimum atomic E-state index is -0.519. The number of amides is 2. The van der Waals surface area contributed by atoms with Gasteiger partial charge in [-0.25, -0.2) is 4.90 Å². The van der Waals surface area contributed by atoms with Crippen LogP contribution in [-0.4, -0.2) is 26.6 Å². The van der Waals surface area contributed by atoms with E-state index in [4.69, 9.17) is 17.3 Å². The summed E-state index contributed by atoms with van der Waals surface area (Å²) < 4.78 is 1.12. The van der Waals surface area contributed by atoms with Crippen molar-refractivity contribution >= 4 is 40.7 Å². The first kappa shape index (κ1) is 12.4. The highest BCUT2D eigenvalue weighted by Gasteiger charge is 2.34. The van der Waals surface area contributed by atoms with E-state index in [9.17, 15) is 9.59 Å². The van der Waals surface area contributed by atoms with Crippen molar-refractivity contribution in [3.63, 3.8) is 0 Å². The van der Waals surface area contributed by atoms with E-state index < -0.39 is 11.8 Å². The van der Waals surface area contributed by atoms with Gasteiger partial charge in [-0.1, -0.05) is 11.6 Å². The molecule has 1 aliphatic rings. The maximum Gasteiger partial charge on any atom is 0.284 e. The lowest BCUT2D eigenvalue weighted by molar-refractivity contribution is -0.119. The van der Waals surface area contributed by atoms with Gasteiger partial charge in [0.1, 0.15) is 12.0 Å². The number of hydrogen-bond acceptors (Lipinski definition) is 5. The first-order valence-electron chi connectivity index (χ1n) is 5.59. The van der Waals surface area contributed by atoms with E-state index in [1.54, 1.807) is 24.3 Å². The molecule has 0 aliphatic carbocycles. The van der Waals surface area contributed by atoms with Crippen molar-refractivity contribution in [3.8, 4) is 0 Å². The van der Waals surface area contributed by atoms with Crippen LogP contribution in [0.25, 0.3) is 5.70 Å². The Balaban J connectivity index is 1.99. The van der Waals surface area contributed by atoms with E-state index in [0.717, 1.165) is 9.58 Å². The number of halogens is 1. The fourth-order valence-corrected chi connectivity index (χ4v) is 2.01. The zero-order valence-corrected chi connectivity index (χ0v) is 10.8. The number of carbonyl (C=O) groups is 2. The fraction of sp³-hybridized carbons (Fsp3) is 0.